The van der Waals surface area contributed by atoms with E-state index in [0.29, 0.717) is 12.1 Å². The predicted molar refractivity (Wildman–Crippen MR) is 95.7 cm³/mol. The average molecular weight is 460 g/mol. The normalized spacial score (nSPS) is 10.3. The minimum absolute atomic E-state index is 0.00351. The number of amides is 1. The molecule has 110 valence electrons. The van der Waals surface area contributed by atoms with Gasteiger partial charge in [-0.15, -0.1) is 0 Å². The second kappa shape index (κ2) is 7.26. The minimum Gasteiger partial charge on any atom is -0.497 e. The first kappa shape index (κ1) is 16.3. The van der Waals surface area contributed by atoms with Crippen molar-refractivity contribution in [2.75, 3.05) is 14.2 Å². The molecule has 0 aliphatic heterocycles. The monoisotopic (exact) mass is 459 g/mol. The first-order valence-corrected chi connectivity index (χ1v) is 8.22. The zero-order chi connectivity index (χ0) is 15.4. The van der Waals surface area contributed by atoms with E-state index >= 15 is 0 Å². The summed E-state index contributed by atoms with van der Waals surface area (Å²) in [5.74, 6) is 0.810. The molecule has 2 aromatic carbocycles. The number of carbonyl (C=O) groups is 1. The summed E-state index contributed by atoms with van der Waals surface area (Å²) in [5.41, 5.74) is 1.74. The van der Waals surface area contributed by atoms with Gasteiger partial charge < -0.3 is 9.64 Å². The van der Waals surface area contributed by atoms with Gasteiger partial charge in [-0.1, -0.05) is 12.1 Å². The van der Waals surface area contributed by atoms with E-state index in [9.17, 15) is 4.79 Å². The van der Waals surface area contributed by atoms with Gasteiger partial charge in [0, 0.05) is 21.6 Å². The van der Waals surface area contributed by atoms with Crippen LogP contribution in [0.1, 0.15) is 15.9 Å². The zero-order valence-electron chi connectivity index (χ0n) is 11.8. The molecule has 0 fully saturated rings. The summed E-state index contributed by atoms with van der Waals surface area (Å²) in [5, 5.41) is 0. The van der Waals surface area contributed by atoms with E-state index in [1.54, 1.807) is 19.1 Å². The van der Waals surface area contributed by atoms with Crippen molar-refractivity contribution in [3.8, 4) is 5.75 Å². The van der Waals surface area contributed by atoms with Crippen LogP contribution >= 0.6 is 38.5 Å². The maximum atomic E-state index is 12.5. The van der Waals surface area contributed by atoms with Crippen molar-refractivity contribution in [3.05, 3.63) is 61.6 Å². The Balaban J connectivity index is 2.13. The van der Waals surface area contributed by atoms with Crippen LogP contribution in [0.25, 0.3) is 0 Å². The number of ether oxygens (including phenoxy) is 1. The molecule has 5 heteroatoms. The summed E-state index contributed by atoms with van der Waals surface area (Å²) in [6.45, 7) is 0.556. The zero-order valence-corrected chi connectivity index (χ0v) is 15.5. The number of methoxy groups -OCH3 is 1. The summed E-state index contributed by atoms with van der Waals surface area (Å²) in [4.78, 5) is 14.2. The smallest absolute Gasteiger partial charge is 0.255 e. The van der Waals surface area contributed by atoms with Gasteiger partial charge in [0.1, 0.15) is 5.75 Å². The predicted octanol–water partition coefficient (Wildman–Crippen LogP) is 4.33. The standard InChI is InChI=1S/C16H15BrINO2/c1-19(10-11-3-6-13(21-2)7-4-11)16(20)14-9-12(18)5-8-15(14)17/h3-9H,10H2,1-2H3. The number of hydrogen-bond acceptors (Lipinski definition) is 2. The number of hydrogen-bond donors (Lipinski definition) is 0. The summed E-state index contributed by atoms with van der Waals surface area (Å²) in [6, 6.07) is 13.5. The van der Waals surface area contributed by atoms with Crippen LogP contribution in [0.5, 0.6) is 5.75 Å². The largest absolute Gasteiger partial charge is 0.497 e. The van der Waals surface area contributed by atoms with Gasteiger partial charge in [0.2, 0.25) is 0 Å². The van der Waals surface area contributed by atoms with E-state index in [2.05, 4.69) is 38.5 Å². The first-order chi connectivity index (χ1) is 10.0. The Kier molecular flexibility index (Phi) is 5.64. The number of nitrogens with zero attached hydrogens (tertiary/aromatic N) is 1. The van der Waals surface area contributed by atoms with Crippen LogP contribution in [0, 0.1) is 3.57 Å². The third kappa shape index (κ3) is 4.20. The van der Waals surface area contributed by atoms with Crippen LogP contribution in [0.2, 0.25) is 0 Å². The van der Waals surface area contributed by atoms with Crippen LogP contribution in [-0.4, -0.2) is 25.0 Å². The molecule has 0 spiro atoms. The Labute approximate surface area is 146 Å². The fourth-order valence-electron chi connectivity index (χ4n) is 1.94. The Morgan fingerprint density at radius 2 is 1.90 bits per heavy atom. The third-order valence-electron chi connectivity index (χ3n) is 3.08. The Hall–Kier alpha value is -1.08. The summed E-state index contributed by atoms with van der Waals surface area (Å²) >= 11 is 5.64. The maximum Gasteiger partial charge on any atom is 0.255 e. The molecule has 0 heterocycles. The summed E-state index contributed by atoms with van der Waals surface area (Å²) in [7, 11) is 3.44. The van der Waals surface area contributed by atoms with Crippen LogP contribution in [0.4, 0.5) is 0 Å². The second-order valence-electron chi connectivity index (χ2n) is 4.63. The topological polar surface area (TPSA) is 29.5 Å². The maximum absolute atomic E-state index is 12.5. The van der Waals surface area contributed by atoms with E-state index in [0.717, 1.165) is 19.4 Å². The lowest BCUT2D eigenvalue weighted by Gasteiger charge is -2.18. The van der Waals surface area contributed by atoms with E-state index in [1.807, 2.05) is 42.5 Å². The molecule has 0 unspecified atom stereocenters. The van der Waals surface area contributed by atoms with Crippen molar-refractivity contribution in [1.29, 1.82) is 0 Å². The first-order valence-electron chi connectivity index (χ1n) is 6.34. The molecule has 0 saturated heterocycles. The second-order valence-corrected chi connectivity index (χ2v) is 6.73. The van der Waals surface area contributed by atoms with E-state index in [4.69, 9.17) is 4.74 Å². The summed E-state index contributed by atoms with van der Waals surface area (Å²) < 4.78 is 6.99. The van der Waals surface area contributed by atoms with Crippen LogP contribution in [0.3, 0.4) is 0 Å². The van der Waals surface area contributed by atoms with Gasteiger partial charge in [-0.2, -0.15) is 0 Å². The van der Waals surface area contributed by atoms with Crippen molar-refractivity contribution in [2.24, 2.45) is 0 Å². The Bertz CT molecular complexity index is 643. The van der Waals surface area contributed by atoms with Gasteiger partial charge in [-0.3, -0.25) is 4.79 Å². The van der Waals surface area contributed by atoms with Crippen molar-refractivity contribution < 1.29 is 9.53 Å². The van der Waals surface area contributed by atoms with Gasteiger partial charge in [0.25, 0.3) is 5.91 Å². The Morgan fingerprint density at radius 3 is 2.52 bits per heavy atom. The quantitative estimate of drug-likeness (QED) is 0.636. The Morgan fingerprint density at radius 1 is 1.24 bits per heavy atom. The van der Waals surface area contributed by atoms with Gasteiger partial charge >= 0.3 is 0 Å². The summed E-state index contributed by atoms with van der Waals surface area (Å²) in [6.07, 6.45) is 0. The van der Waals surface area contributed by atoms with E-state index < -0.39 is 0 Å². The van der Waals surface area contributed by atoms with Gasteiger partial charge in [-0.05, 0) is 74.4 Å². The number of benzene rings is 2. The van der Waals surface area contributed by atoms with Gasteiger partial charge in [-0.25, -0.2) is 0 Å². The average Bonchev–Trinajstić information content (AvgIpc) is 2.49. The highest BCUT2D eigenvalue weighted by atomic mass is 127. The fourth-order valence-corrected chi connectivity index (χ4v) is 2.85. The molecule has 3 nitrogen and oxygen atoms in total. The van der Waals surface area contributed by atoms with Crippen LogP contribution in [-0.2, 0) is 6.54 Å². The lowest BCUT2D eigenvalue weighted by atomic mass is 10.1. The molecule has 0 atom stereocenters. The van der Waals surface area contributed by atoms with Crippen LogP contribution < -0.4 is 4.74 Å². The molecule has 0 aromatic heterocycles. The molecule has 0 saturated carbocycles. The van der Waals surface area contributed by atoms with Crippen molar-refractivity contribution >= 4 is 44.4 Å². The molecule has 0 radical (unpaired) electrons. The molecule has 0 aliphatic carbocycles. The van der Waals surface area contributed by atoms with Crippen LogP contribution in [0.15, 0.2) is 46.9 Å². The number of carbonyl (C=O) groups excluding carboxylic acids is 1. The van der Waals surface area contributed by atoms with Gasteiger partial charge in [0.05, 0.1) is 12.7 Å². The number of halogens is 2. The molecular weight excluding hydrogens is 445 g/mol. The molecule has 0 N–H and O–H groups in total. The number of rotatable bonds is 4. The van der Waals surface area contributed by atoms with Gasteiger partial charge in [0.15, 0.2) is 0 Å². The lowest BCUT2D eigenvalue weighted by molar-refractivity contribution is 0.0784. The molecule has 0 aliphatic rings. The molecule has 21 heavy (non-hydrogen) atoms. The lowest BCUT2D eigenvalue weighted by Crippen LogP contribution is -2.26. The minimum atomic E-state index is -0.00351. The molecule has 2 aromatic rings. The highest BCUT2D eigenvalue weighted by Gasteiger charge is 2.15. The molecule has 2 rings (SSSR count). The van der Waals surface area contributed by atoms with Crippen molar-refractivity contribution in [1.82, 2.24) is 4.90 Å². The fraction of sp³-hybridized carbons (Fsp3) is 0.188. The molecule has 1 amide bonds. The third-order valence-corrected chi connectivity index (χ3v) is 4.45. The highest BCUT2D eigenvalue weighted by Crippen LogP contribution is 2.21. The molecule has 0 bridgehead atoms. The SMILES string of the molecule is COc1ccc(CN(C)C(=O)c2cc(I)ccc2Br)cc1. The highest BCUT2D eigenvalue weighted by molar-refractivity contribution is 14.1. The van der Waals surface area contributed by atoms with Crippen molar-refractivity contribution in [3.63, 3.8) is 0 Å². The van der Waals surface area contributed by atoms with E-state index in [1.165, 1.54) is 0 Å². The van der Waals surface area contributed by atoms with E-state index in [-0.39, 0.29) is 5.91 Å². The molecular formula is C16H15BrINO2. The van der Waals surface area contributed by atoms with Crippen molar-refractivity contribution in [2.45, 2.75) is 6.54 Å².